The molecule has 0 aliphatic carbocycles. The summed E-state index contributed by atoms with van der Waals surface area (Å²) >= 11 is 0. The van der Waals surface area contributed by atoms with Crippen LogP contribution in [0.15, 0.2) is 12.3 Å². The zero-order valence-corrected chi connectivity index (χ0v) is 13.8. The van der Waals surface area contributed by atoms with Gasteiger partial charge in [-0.25, -0.2) is 4.98 Å². The lowest BCUT2D eigenvalue weighted by atomic mass is 10.2. The summed E-state index contributed by atoms with van der Waals surface area (Å²) in [6.07, 6.45) is 1.97. The minimum atomic E-state index is 0.659. The average molecular weight is 289 g/mol. The molecule has 5 nitrogen and oxygen atoms in total. The van der Waals surface area contributed by atoms with Crippen molar-refractivity contribution in [3.05, 3.63) is 35.2 Å². The van der Waals surface area contributed by atoms with Crippen LogP contribution < -0.4 is 5.32 Å². The maximum atomic E-state index is 4.52. The highest BCUT2D eigenvalue weighted by molar-refractivity contribution is 5.13. The molecule has 5 heteroatoms. The maximum absolute atomic E-state index is 4.52. The molecule has 0 unspecified atom stereocenters. The van der Waals surface area contributed by atoms with Gasteiger partial charge in [0, 0.05) is 19.3 Å². The molecule has 0 radical (unpaired) electrons. The Morgan fingerprint density at radius 1 is 1.24 bits per heavy atom. The third kappa shape index (κ3) is 3.94. The Hall–Kier alpha value is -1.62. The number of aromatic nitrogens is 4. The summed E-state index contributed by atoms with van der Waals surface area (Å²) in [6, 6.07) is 2.16. The van der Waals surface area contributed by atoms with E-state index in [0.29, 0.717) is 5.92 Å². The van der Waals surface area contributed by atoms with Gasteiger partial charge in [-0.05, 0) is 39.3 Å². The van der Waals surface area contributed by atoms with Crippen molar-refractivity contribution in [2.24, 2.45) is 5.92 Å². The molecule has 2 rings (SSSR count). The van der Waals surface area contributed by atoms with E-state index in [4.69, 9.17) is 0 Å². The van der Waals surface area contributed by atoms with E-state index in [1.807, 2.05) is 13.1 Å². The first kappa shape index (κ1) is 15.8. The fourth-order valence-corrected chi connectivity index (χ4v) is 2.52. The van der Waals surface area contributed by atoms with Gasteiger partial charge in [-0.15, -0.1) is 0 Å². The van der Waals surface area contributed by atoms with Crippen molar-refractivity contribution in [1.82, 2.24) is 24.6 Å². The lowest BCUT2D eigenvalue weighted by molar-refractivity contribution is 0.531. The van der Waals surface area contributed by atoms with E-state index in [9.17, 15) is 0 Å². The average Bonchev–Trinajstić information content (AvgIpc) is 2.95. The molecular weight excluding hydrogens is 262 g/mol. The molecular formula is C16H27N5. The standard InChI is InChI=1S/C16H27N5/c1-6-21-15(7-13(4)19-21)11-20-14(5)18-10-16(20)9-17-8-12(2)3/h7,10,12,17H,6,8-9,11H2,1-5H3. The Morgan fingerprint density at radius 2 is 2.00 bits per heavy atom. The number of nitrogens with one attached hydrogen (secondary N) is 1. The summed E-state index contributed by atoms with van der Waals surface area (Å²) in [5.41, 5.74) is 3.54. The first-order valence-electron chi connectivity index (χ1n) is 7.76. The van der Waals surface area contributed by atoms with E-state index < -0.39 is 0 Å². The third-order valence-corrected chi connectivity index (χ3v) is 3.60. The fraction of sp³-hybridized carbons (Fsp3) is 0.625. The second-order valence-electron chi connectivity index (χ2n) is 6.00. The number of nitrogens with zero attached hydrogens (tertiary/aromatic N) is 4. The predicted molar refractivity (Wildman–Crippen MR) is 85.2 cm³/mol. The summed E-state index contributed by atoms with van der Waals surface area (Å²) in [5.74, 6) is 1.71. The van der Waals surface area contributed by atoms with Gasteiger partial charge >= 0.3 is 0 Å². The molecule has 2 heterocycles. The highest BCUT2D eigenvalue weighted by Crippen LogP contribution is 2.11. The van der Waals surface area contributed by atoms with Gasteiger partial charge in [0.05, 0.1) is 23.6 Å². The van der Waals surface area contributed by atoms with Crippen LogP contribution in [0.1, 0.15) is 43.7 Å². The van der Waals surface area contributed by atoms with E-state index in [1.54, 1.807) is 0 Å². The maximum Gasteiger partial charge on any atom is 0.106 e. The van der Waals surface area contributed by atoms with Gasteiger partial charge in [-0.1, -0.05) is 13.8 Å². The second kappa shape index (κ2) is 6.89. The summed E-state index contributed by atoms with van der Waals surface area (Å²) in [6.45, 7) is 14.3. The monoisotopic (exact) mass is 289 g/mol. The Morgan fingerprint density at radius 3 is 2.67 bits per heavy atom. The van der Waals surface area contributed by atoms with E-state index in [1.165, 1.54) is 11.4 Å². The highest BCUT2D eigenvalue weighted by Gasteiger charge is 2.11. The van der Waals surface area contributed by atoms with Crippen molar-refractivity contribution in [2.75, 3.05) is 6.54 Å². The van der Waals surface area contributed by atoms with Crippen molar-refractivity contribution in [3.8, 4) is 0 Å². The Balaban J connectivity index is 2.13. The number of hydrogen-bond donors (Lipinski definition) is 1. The van der Waals surface area contributed by atoms with Crippen molar-refractivity contribution >= 4 is 0 Å². The second-order valence-corrected chi connectivity index (χ2v) is 6.00. The third-order valence-electron chi connectivity index (χ3n) is 3.60. The van der Waals surface area contributed by atoms with E-state index >= 15 is 0 Å². The topological polar surface area (TPSA) is 47.7 Å². The quantitative estimate of drug-likeness (QED) is 0.852. The molecule has 0 aliphatic rings. The molecule has 0 fully saturated rings. The van der Waals surface area contributed by atoms with Crippen LogP contribution in [0.3, 0.4) is 0 Å². The smallest absolute Gasteiger partial charge is 0.106 e. The molecule has 0 saturated heterocycles. The van der Waals surface area contributed by atoms with Crippen molar-refractivity contribution in [2.45, 2.75) is 54.3 Å². The summed E-state index contributed by atoms with van der Waals surface area (Å²) < 4.78 is 4.34. The Labute approximate surface area is 127 Å². The van der Waals surface area contributed by atoms with Crippen LogP contribution in [0, 0.1) is 19.8 Å². The summed E-state index contributed by atoms with van der Waals surface area (Å²) in [5, 5.41) is 8.01. The highest BCUT2D eigenvalue weighted by atomic mass is 15.3. The van der Waals surface area contributed by atoms with Crippen LogP contribution >= 0.6 is 0 Å². The molecule has 2 aromatic heterocycles. The van der Waals surface area contributed by atoms with Crippen LogP contribution in [0.2, 0.25) is 0 Å². The zero-order valence-electron chi connectivity index (χ0n) is 13.8. The molecule has 0 saturated carbocycles. The lowest BCUT2D eigenvalue weighted by Gasteiger charge is -2.13. The molecule has 1 N–H and O–H groups in total. The fourth-order valence-electron chi connectivity index (χ4n) is 2.52. The zero-order chi connectivity index (χ0) is 15.4. The number of rotatable bonds is 7. The van der Waals surface area contributed by atoms with E-state index in [0.717, 1.165) is 37.7 Å². The minimum absolute atomic E-state index is 0.659. The molecule has 0 spiro atoms. The van der Waals surface area contributed by atoms with Gasteiger partial charge in [0.15, 0.2) is 0 Å². The predicted octanol–water partition coefficient (Wildman–Crippen LogP) is 2.51. The van der Waals surface area contributed by atoms with Crippen molar-refractivity contribution < 1.29 is 0 Å². The van der Waals surface area contributed by atoms with Crippen molar-refractivity contribution in [3.63, 3.8) is 0 Å². The van der Waals surface area contributed by atoms with Crippen LogP contribution in [0.25, 0.3) is 0 Å². The Bertz CT molecular complexity index is 580. The van der Waals surface area contributed by atoms with Crippen LogP contribution in [0.4, 0.5) is 0 Å². The normalized spacial score (nSPS) is 11.5. The molecule has 0 bridgehead atoms. The summed E-state index contributed by atoms with van der Waals surface area (Å²) in [7, 11) is 0. The molecule has 0 atom stereocenters. The van der Waals surface area contributed by atoms with Gasteiger partial charge in [-0.2, -0.15) is 5.10 Å². The van der Waals surface area contributed by atoms with Gasteiger partial charge in [0.1, 0.15) is 5.82 Å². The van der Waals surface area contributed by atoms with Crippen LogP contribution in [-0.2, 0) is 19.6 Å². The molecule has 0 aliphatic heterocycles. The number of imidazole rings is 1. The molecule has 0 amide bonds. The lowest BCUT2D eigenvalue weighted by Crippen LogP contribution is -2.21. The number of hydrogen-bond acceptors (Lipinski definition) is 3. The SMILES string of the molecule is CCn1nc(C)cc1Cn1c(CNCC(C)C)cnc1C. The summed E-state index contributed by atoms with van der Waals surface area (Å²) in [4.78, 5) is 4.47. The molecule has 0 aromatic carbocycles. The molecule has 21 heavy (non-hydrogen) atoms. The largest absolute Gasteiger partial charge is 0.325 e. The van der Waals surface area contributed by atoms with E-state index in [-0.39, 0.29) is 0 Å². The van der Waals surface area contributed by atoms with Gasteiger partial charge in [0.25, 0.3) is 0 Å². The minimum Gasteiger partial charge on any atom is -0.325 e. The van der Waals surface area contributed by atoms with Crippen LogP contribution in [-0.4, -0.2) is 25.9 Å². The molecule has 116 valence electrons. The van der Waals surface area contributed by atoms with Crippen LogP contribution in [0.5, 0.6) is 0 Å². The first-order chi connectivity index (χ1) is 10.0. The van der Waals surface area contributed by atoms with Crippen molar-refractivity contribution in [1.29, 1.82) is 0 Å². The first-order valence-corrected chi connectivity index (χ1v) is 7.76. The van der Waals surface area contributed by atoms with Gasteiger partial charge in [-0.3, -0.25) is 4.68 Å². The number of aryl methyl sites for hydroxylation is 3. The molecule has 2 aromatic rings. The van der Waals surface area contributed by atoms with Gasteiger partial charge in [0.2, 0.25) is 0 Å². The van der Waals surface area contributed by atoms with E-state index in [2.05, 4.69) is 58.4 Å². The Kier molecular flexibility index (Phi) is 5.17. The van der Waals surface area contributed by atoms with Gasteiger partial charge < -0.3 is 9.88 Å².